The molecular weight excluding hydrogens is 490 g/mol. The summed E-state index contributed by atoms with van der Waals surface area (Å²) in [6.45, 7) is 0.210. The molecule has 0 aromatic heterocycles. The van der Waals surface area contributed by atoms with Gasteiger partial charge in [0.15, 0.2) is 11.5 Å². The van der Waals surface area contributed by atoms with Crippen LogP contribution >= 0.6 is 0 Å². The summed E-state index contributed by atoms with van der Waals surface area (Å²) in [7, 11) is 3.72. The van der Waals surface area contributed by atoms with E-state index in [2.05, 4.69) is 0 Å². The third-order valence-corrected chi connectivity index (χ3v) is 6.78. The van der Waals surface area contributed by atoms with Crippen LogP contribution in [-0.2, 0) is 40.7 Å². The molecule has 0 unspecified atom stereocenters. The van der Waals surface area contributed by atoms with Crippen molar-refractivity contribution >= 4 is 23.5 Å². The van der Waals surface area contributed by atoms with Crippen LogP contribution in [0.15, 0.2) is 83.9 Å². The van der Waals surface area contributed by atoms with Gasteiger partial charge in [0, 0.05) is 5.56 Å². The number of nitrogens with zero attached hydrogens (tertiary/aromatic N) is 1. The molecule has 5 rings (SSSR count). The number of para-hydroxylation sites is 1. The summed E-state index contributed by atoms with van der Waals surface area (Å²) in [6.07, 6.45) is -1.21. The summed E-state index contributed by atoms with van der Waals surface area (Å²) in [4.78, 5) is 42.5. The standard InChI is InChI=1S/C29H25NO8/c1-35-22-15-18(13-14-21(22)31)25-23(26(32)36-2)24(27(33)37-3)29(38-25)19-11-7-8-12-20(19)30(28(29)34)16-17-9-5-4-6-10-17/h4-15,25,31H,16H2,1-3H3/t25-,29+/m0/s1. The second-order valence-corrected chi connectivity index (χ2v) is 8.78. The molecular formula is C29H25NO8. The van der Waals surface area contributed by atoms with Crippen LogP contribution in [0.25, 0.3) is 0 Å². The van der Waals surface area contributed by atoms with Gasteiger partial charge in [-0.3, -0.25) is 4.79 Å². The van der Waals surface area contributed by atoms with Crippen molar-refractivity contribution in [3.63, 3.8) is 0 Å². The van der Waals surface area contributed by atoms with E-state index >= 15 is 0 Å². The molecule has 9 heteroatoms. The molecule has 1 amide bonds. The molecule has 194 valence electrons. The fraction of sp³-hybridized carbons (Fsp3) is 0.207. The molecule has 0 bridgehead atoms. The van der Waals surface area contributed by atoms with Gasteiger partial charge in [-0.05, 0) is 29.3 Å². The van der Waals surface area contributed by atoms with Crippen molar-refractivity contribution < 1.29 is 38.4 Å². The normalized spacial score (nSPS) is 20.0. The van der Waals surface area contributed by atoms with Crippen LogP contribution in [0.2, 0.25) is 0 Å². The third-order valence-electron chi connectivity index (χ3n) is 6.78. The van der Waals surface area contributed by atoms with Crippen molar-refractivity contribution in [3.05, 3.63) is 101 Å². The number of carbonyl (C=O) groups excluding carboxylic acids is 3. The van der Waals surface area contributed by atoms with Crippen molar-refractivity contribution in [3.8, 4) is 11.5 Å². The number of benzene rings is 3. The van der Waals surface area contributed by atoms with Gasteiger partial charge in [-0.15, -0.1) is 0 Å². The molecule has 1 N–H and O–H groups in total. The zero-order chi connectivity index (χ0) is 27.0. The van der Waals surface area contributed by atoms with Gasteiger partial charge < -0.3 is 29.0 Å². The van der Waals surface area contributed by atoms with E-state index in [1.54, 1.807) is 24.3 Å². The number of carbonyl (C=O) groups is 3. The molecule has 0 aliphatic carbocycles. The van der Waals surface area contributed by atoms with Crippen LogP contribution < -0.4 is 9.64 Å². The summed E-state index contributed by atoms with van der Waals surface area (Å²) in [5.74, 6) is -2.30. The summed E-state index contributed by atoms with van der Waals surface area (Å²) < 4.78 is 21.9. The minimum absolute atomic E-state index is 0.125. The quantitative estimate of drug-likeness (QED) is 0.496. The van der Waals surface area contributed by atoms with Crippen molar-refractivity contribution in [1.29, 1.82) is 0 Å². The summed E-state index contributed by atoms with van der Waals surface area (Å²) in [5.41, 5.74) is -0.231. The maximum absolute atomic E-state index is 14.4. The zero-order valence-corrected chi connectivity index (χ0v) is 21.0. The van der Waals surface area contributed by atoms with Gasteiger partial charge in [-0.1, -0.05) is 54.6 Å². The average Bonchev–Trinajstić information content (AvgIpc) is 3.42. The molecule has 38 heavy (non-hydrogen) atoms. The number of amides is 1. The lowest BCUT2D eigenvalue weighted by Gasteiger charge is -2.27. The van der Waals surface area contributed by atoms with Gasteiger partial charge in [0.2, 0.25) is 5.60 Å². The Labute approximate surface area is 218 Å². The van der Waals surface area contributed by atoms with Crippen molar-refractivity contribution in [2.45, 2.75) is 18.2 Å². The average molecular weight is 516 g/mol. The van der Waals surface area contributed by atoms with E-state index in [-0.39, 0.29) is 29.2 Å². The minimum Gasteiger partial charge on any atom is -0.504 e. The zero-order valence-electron chi connectivity index (χ0n) is 21.0. The van der Waals surface area contributed by atoms with Crippen molar-refractivity contribution in [1.82, 2.24) is 0 Å². The molecule has 9 nitrogen and oxygen atoms in total. The van der Waals surface area contributed by atoms with Crippen LogP contribution in [-0.4, -0.2) is 44.3 Å². The van der Waals surface area contributed by atoms with E-state index in [4.69, 9.17) is 18.9 Å². The Kier molecular flexibility index (Phi) is 6.38. The fourth-order valence-corrected chi connectivity index (χ4v) is 5.08. The monoisotopic (exact) mass is 515 g/mol. The topological polar surface area (TPSA) is 112 Å². The number of phenols is 1. The summed E-state index contributed by atoms with van der Waals surface area (Å²) >= 11 is 0. The molecule has 3 aromatic carbocycles. The van der Waals surface area contributed by atoms with Crippen LogP contribution in [0.5, 0.6) is 11.5 Å². The smallest absolute Gasteiger partial charge is 0.338 e. The fourth-order valence-electron chi connectivity index (χ4n) is 5.08. The van der Waals surface area contributed by atoms with Gasteiger partial charge in [0.1, 0.15) is 6.10 Å². The first kappa shape index (κ1) is 25.0. The number of hydrogen-bond donors (Lipinski definition) is 1. The molecule has 0 radical (unpaired) electrons. The Bertz CT molecular complexity index is 1460. The van der Waals surface area contributed by atoms with Gasteiger partial charge in [0.05, 0.1) is 44.7 Å². The number of hydrogen-bond acceptors (Lipinski definition) is 8. The molecule has 2 aliphatic heterocycles. The third kappa shape index (κ3) is 3.71. The molecule has 2 aliphatic rings. The molecule has 3 aromatic rings. The number of anilines is 1. The van der Waals surface area contributed by atoms with E-state index in [0.29, 0.717) is 16.8 Å². The molecule has 0 fully saturated rings. The SMILES string of the molecule is COC(=O)C1=C(C(=O)OC)[C@@]2(O[C@H]1c1ccc(O)c(OC)c1)C(=O)N(Cc1ccccc1)c1ccccc12. The number of ether oxygens (including phenoxy) is 4. The van der Waals surface area contributed by atoms with Crippen LogP contribution in [0.3, 0.4) is 0 Å². The van der Waals surface area contributed by atoms with Gasteiger partial charge in [-0.25, -0.2) is 9.59 Å². The Hall–Kier alpha value is -4.63. The van der Waals surface area contributed by atoms with Crippen LogP contribution in [0.1, 0.15) is 22.8 Å². The maximum atomic E-state index is 14.4. The Morgan fingerprint density at radius 3 is 2.32 bits per heavy atom. The first-order chi connectivity index (χ1) is 18.4. The van der Waals surface area contributed by atoms with E-state index in [0.717, 1.165) is 5.56 Å². The maximum Gasteiger partial charge on any atom is 0.338 e. The Balaban J connectivity index is 1.75. The van der Waals surface area contributed by atoms with E-state index in [1.807, 2.05) is 30.3 Å². The van der Waals surface area contributed by atoms with Crippen LogP contribution in [0, 0.1) is 0 Å². The number of methoxy groups -OCH3 is 3. The summed E-state index contributed by atoms with van der Waals surface area (Å²) in [5, 5.41) is 10.1. The Morgan fingerprint density at radius 1 is 0.947 bits per heavy atom. The largest absolute Gasteiger partial charge is 0.504 e. The van der Waals surface area contributed by atoms with Crippen molar-refractivity contribution in [2.75, 3.05) is 26.2 Å². The second-order valence-electron chi connectivity index (χ2n) is 8.78. The Morgan fingerprint density at radius 2 is 1.63 bits per heavy atom. The lowest BCUT2D eigenvalue weighted by molar-refractivity contribution is -0.148. The minimum atomic E-state index is -1.97. The first-order valence-electron chi connectivity index (χ1n) is 11.8. The highest BCUT2D eigenvalue weighted by atomic mass is 16.6. The van der Waals surface area contributed by atoms with Gasteiger partial charge >= 0.3 is 11.9 Å². The number of fused-ring (bicyclic) bond motifs is 2. The van der Waals surface area contributed by atoms with E-state index < -0.39 is 29.6 Å². The second kappa shape index (κ2) is 9.68. The number of aromatic hydroxyl groups is 1. The van der Waals surface area contributed by atoms with Crippen LogP contribution in [0.4, 0.5) is 5.69 Å². The molecule has 2 atom stereocenters. The highest BCUT2D eigenvalue weighted by molar-refractivity contribution is 6.17. The van der Waals surface area contributed by atoms with E-state index in [1.165, 1.54) is 44.4 Å². The number of esters is 2. The van der Waals surface area contributed by atoms with Crippen molar-refractivity contribution in [2.24, 2.45) is 0 Å². The lowest BCUT2D eigenvalue weighted by atomic mass is 9.85. The number of rotatable bonds is 6. The number of phenolic OH excluding ortho intramolecular Hbond substituents is 1. The molecule has 1 spiro atoms. The molecule has 0 saturated carbocycles. The highest BCUT2D eigenvalue weighted by Crippen LogP contribution is 2.57. The summed E-state index contributed by atoms with van der Waals surface area (Å²) in [6, 6.07) is 20.7. The predicted molar refractivity (Wildman–Crippen MR) is 135 cm³/mol. The highest BCUT2D eigenvalue weighted by Gasteiger charge is 2.64. The first-order valence-corrected chi connectivity index (χ1v) is 11.8. The molecule has 2 heterocycles. The van der Waals surface area contributed by atoms with E-state index in [9.17, 15) is 19.5 Å². The van der Waals surface area contributed by atoms with Gasteiger partial charge in [0.25, 0.3) is 5.91 Å². The molecule has 0 saturated heterocycles. The van der Waals surface area contributed by atoms with Gasteiger partial charge in [-0.2, -0.15) is 0 Å². The lowest BCUT2D eigenvalue weighted by Crippen LogP contribution is -2.43. The predicted octanol–water partition coefficient (Wildman–Crippen LogP) is 3.56.